The van der Waals surface area contributed by atoms with Crippen LogP contribution in [0.3, 0.4) is 0 Å². The Kier molecular flexibility index (Phi) is 4.82. The van der Waals surface area contributed by atoms with E-state index in [0.29, 0.717) is 6.42 Å². The third-order valence-electron chi connectivity index (χ3n) is 2.07. The zero-order chi connectivity index (χ0) is 10.2. The minimum absolute atomic E-state index is 0.265. The van der Waals surface area contributed by atoms with Crippen molar-refractivity contribution in [2.45, 2.75) is 32.3 Å². The lowest BCUT2D eigenvalue weighted by Gasteiger charge is -1.99. The van der Waals surface area contributed by atoms with E-state index in [9.17, 15) is 5.11 Å². The number of aliphatic hydroxyl groups excluding tert-OH is 1. The lowest BCUT2D eigenvalue weighted by Crippen LogP contribution is -2.01. The number of hydrogen-bond acceptors (Lipinski definition) is 1. The summed E-state index contributed by atoms with van der Waals surface area (Å²) < 4.78 is 0. The summed E-state index contributed by atoms with van der Waals surface area (Å²) in [4.78, 5) is 0. The van der Waals surface area contributed by atoms with Crippen LogP contribution < -0.4 is 0 Å². The molecule has 0 bridgehead atoms. The summed E-state index contributed by atoms with van der Waals surface area (Å²) >= 11 is 0. The molecule has 0 fully saturated rings. The van der Waals surface area contributed by atoms with Crippen LogP contribution in [0.15, 0.2) is 30.3 Å². The molecule has 0 radical (unpaired) electrons. The lowest BCUT2D eigenvalue weighted by atomic mass is 10.1. The van der Waals surface area contributed by atoms with Crippen molar-refractivity contribution in [2.75, 3.05) is 0 Å². The summed E-state index contributed by atoms with van der Waals surface area (Å²) in [7, 11) is 0. The SMILES string of the molecule is CCC(O)CC#CCc1ccccc1. The molecule has 0 aliphatic heterocycles. The van der Waals surface area contributed by atoms with Crippen molar-refractivity contribution < 1.29 is 5.11 Å². The monoisotopic (exact) mass is 188 g/mol. The Labute approximate surface area is 85.8 Å². The molecule has 1 aromatic carbocycles. The van der Waals surface area contributed by atoms with E-state index < -0.39 is 0 Å². The van der Waals surface area contributed by atoms with Crippen LogP contribution in [0.4, 0.5) is 0 Å². The number of rotatable bonds is 3. The molecule has 1 atom stereocenters. The van der Waals surface area contributed by atoms with Crippen LogP contribution in [0.25, 0.3) is 0 Å². The molecule has 74 valence electrons. The van der Waals surface area contributed by atoms with Crippen LogP contribution in [-0.2, 0) is 6.42 Å². The topological polar surface area (TPSA) is 20.2 Å². The third kappa shape index (κ3) is 4.11. The van der Waals surface area contributed by atoms with E-state index in [1.54, 1.807) is 0 Å². The molecule has 1 nitrogen and oxygen atoms in total. The lowest BCUT2D eigenvalue weighted by molar-refractivity contribution is 0.176. The van der Waals surface area contributed by atoms with E-state index in [0.717, 1.165) is 12.8 Å². The van der Waals surface area contributed by atoms with Crippen LogP contribution in [-0.4, -0.2) is 11.2 Å². The molecule has 1 aromatic rings. The maximum absolute atomic E-state index is 9.25. The Morgan fingerprint density at radius 1 is 1.21 bits per heavy atom. The van der Waals surface area contributed by atoms with Gasteiger partial charge in [-0.05, 0) is 12.0 Å². The van der Waals surface area contributed by atoms with E-state index in [4.69, 9.17) is 0 Å². The average molecular weight is 188 g/mol. The normalized spacial score (nSPS) is 11.6. The molecule has 1 N–H and O–H groups in total. The fourth-order valence-corrected chi connectivity index (χ4v) is 1.09. The van der Waals surface area contributed by atoms with Crippen molar-refractivity contribution in [1.29, 1.82) is 0 Å². The summed E-state index contributed by atoms with van der Waals surface area (Å²) in [5, 5.41) is 9.25. The van der Waals surface area contributed by atoms with Crippen molar-refractivity contribution >= 4 is 0 Å². The zero-order valence-corrected chi connectivity index (χ0v) is 8.53. The summed E-state index contributed by atoms with van der Waals surface area (Å²) in [5.41, 5.74) is 1.23. The first-order chi connectivity index (χ1) is 6.83. The first kappa shape index (κ1) is 10.8. The van der Waals surface area contributed by atoms with Gasteiger partial charge in [-0.2, -0.15) is 0 Å². The highest BCUT2D eigenvalue weighted by Crippen LogP contribution is 1.99. The zero-order valence-electron chi connectivity index (χ0n) is 8.53. The molecule has 14 heavy (non-hydrogen) atoms. The molecule has 0 aliphatic carbocycles. The van der Waals surface area contributed by atoms with Gasteiger partial charge < -0.3 is 5.11 Å². The van der Waals surface area contributed by atoms with Crippen LogP contribution in [0.1, 0.15) is 25.3 Å². The van der Waals surface area contributed by atoms with Gasteiger partial charge in [0.2, 0.25) is 0 Å². The number of benzene rings is 1. The molecule has 1 heteroatoms. The second-order valence-electron chi connectivity index (χ2n) is 3.28. The molecule has 1 unspecified atom stereocenters. The fraction of sp³-hybridized carbons (Fsp3) is 0.385. The third-order valence-corrected chi connectivity index (χ3v) is 2.07. The van der Waals surface area contributed by atoms with Crippen LogP contribution >= 0.6 is 0 Å². The Balaban J connectivity index is 2.33. The van der Waals surface area contributed by atoms with Crippen LogP contribution in [0, 0.1) is 11.8 Å². The van der Waals surface area contributed by atoms with Gasteiger partial charge in [0.25, 0.3) is 0 Å². The Hall–Kier alpha value is -1.26. The molecule has 0 saturated heterocycles. The van der Waals surface area contributed by atoms with Gasteiger partial charge in [0.15, 0.2) is 0 Å². The largest absolute Gasteiger partial charge is 0.392 e. The van der Waals surface area contributed by atoms with E-state index in [1.807, 2.05) is 25.1 Å². The van der Waals surface area contributed by atoms with Crippen molar-refractivity contribution in [3.8, 4) is 11.8 Å². The Morgan fingerprint density at radius 3 is 2.57 bits per heavy atom. The van der Waals surface area contributed by atoms with Crippen LogP contribution in [0.5, 0.6) is 0 Å². The molecular formula is C13H16O. The summed E-state index contributed by atoms with van der Waals surface area (Å²) in [6, 6.07) is 10.1. The molecule has 1 rings (SSSR count). The van der Waals surface area contributed by atoms with Crippen molar-refractivity contribution in [2.24, 2.45) is 0 Å². The predicted molar refractivity (Wildman–Crippen MR) is 58.8 cm³/mol. The second-order valence-corrected chi connectivity index (χ2v) is 3.28. The molecule has 0 saturated carbocycles. The smallest absolute Gasteiger partial charge is 0.0646 e. The molecule has 0 aromatic heterocycles. The second kappa shape index (κ2) is 6.23. The summed E-state index contributed by atoms with van der Waals surface area (Å²) in [6.45, 7) is 1.96. The van der Waals surface area contributed by atoms with Gasteiger partial charge in [-0.1, -0.05) is 43.2 Å². The van der Waals surface area contributed by atoms with Gasteiger partial charge in [-0.15, -0.1) is 5.92 Å². The van der Waals surface area contributed by atoms with Gasteiger partial charge in [0, 0.05) is 12.8 Å². The van der Waals surface area contributed by atoms with Crippen molar-refractivity contribution in [3.63, 3.8) is 0 Å². The summed E-state index contributed by atoms with van der Waals surface area (Å²) in [5.74, 6) is 6.04. The quantitative estimate of drug-likeness (QED) is 0.722. The minimum Gasteiger partial charge on any atom is -0.392 e. The first-order valence-corrected chi connectivity index (χ1v) is 5.00. The highest BCUT2D eigenvalue weighted by atomic mass is 16.3. The van der Waals surface area contributed by atoms with Crippen molar-refractivity contribution in [1.82, 2.24) is 0 Å². The van der Waals surface area contributed by atoms with Crippen LogP contribution in [0.2, 0.25) is 0 Å². The molecule has 0 heterocycles. The summed E-state index contributed by atoms with van der Waals surface area (Å²) in [6.07, 6.45) is 1.87. The Morgan fingerprint density at radius 2 is 1.93 bits per heavy atom. The molecular weight excluding hydrogens is 172 g/mol. The van der Waals surface area contributed by atoms with Gasteiger partial charge in [-0.3, -0.25) is 0 Å². The first-order valence-electron chi connectivity index (χ1n) is 5.00. The van der Waals surface area contributed by atoms with Gasteiger partial charge in [0.1, 0.15) is 0 Å². The van der Waals surface area contributed by atoms with E-state index in [-0.39, 0.29) is 6.10 Å². The molecule has 0 aliphatic rings. The van der Waals surface area contributed by atoms with E-state index >= 15 is 0 Å². The highest BCUT2D eigenvalue weighted by molar-refractivity contribution is 5.20. The fourth-order valence-electron chi connectivity index (χ4n) is 1.09. The maximum Gasteiger partial charge on any atom is 0.0646 e. The van der Waals surface area contributed by atoms with E-state index in [1.165, 1.54) is 5.56 Å². The number of aliphatic hydroxyl groups is 1. The highest BCUT2D eigenvalue weighted by Gasteiger charge is 1.94. The van der Waals surface area contributed by atoms with Crippen molar-refractivity contribution in [3.05, 3.63) is 35.9 Å². The number of hydrogen-bond donors (Lipinski definition) is 1. The minimum atomic E-state index is -0.265. The molecule has 0 spiro atoms. The van der Waals surface area contributed by atoms with Gasteiger partial charge >= 0.3 is 0 Å². The maximum atomic E-state index is 9.25. The molecule has 0 amide bonds. The Bertz CT molecular complexity index is 305. The van der Waals surface area contributed by atoms with Gasteiger partial charge in [0.05, 0.1) is 6.10 Å². The predicted octanol–water partition coefficient (Wildman–Crippen LogP) is 2.39. The van der Waals surface area contributed by atoms with E-state index in [2.05, 4.69) is 24.0 Å². The standard InChI is InChI=1S/C13H16O/c1-2-13(14)11-7-6-10-12-8-4-3-5-9-12/h3-5,8-9,13-14H,2,10-11H2,1H3. The van der Waals surface area contributed by atoms with Gasteiger partial charge in [-0.25, -0.2) is 0 Å². The average Bonchev–Trinajstić information content (AvgIpc) is 2.25.